The van der Waals surface area contributed by atoms with E-state index in [1.54, 1.807) is 17.3 Å². The number of carbonyl (C=O) groups excluding carboxylic acids is 1. The Morgan fingerprint density at radius 2 is 0.299 bits per heavy atom. The van der Waals surface area contributed by atoms with Gasteiger partial charge in [-0.1, -0.05) is 566 Å². The Bertz CT molecular complexity index is 5360. The molecule has 0 saturated heterocycles. The van der Waals surface area contributed by atoms with E-state index in [1.807, 2.05) is 17.3 Å². The summed E-state index contributed by atoms with van der Waals surface area (Å²) in [5, 5.41) is 36.1. The van der Waals surface area contributed by atoms with Gasteiger partial charge in [-0.25, -0.2) is 0 Å². The molecule has 20 aromatic rings. The third kappa shape index (κ3) is 39.8. The van der Waals surface area contributed by atoms with E-state index in [4.69, 9.17) is 9.45 Å². The second-order valence-electron chi connectivity index (χ2n) is 32.4. The SMILES string of the molecule is C.[C-]#[O+].[CH-]=O.[Cl][RuH+2].[Cl][Ru].c1ccc(P(CCNCCP(c2ccccc2)c2ccccc2)c2ccccc2)cc1.c1ccc(P(c2ccccc2)c2ccccc2)cc1.c1ccc(P(c2ccccc2)c2ccccc2)cc1.c1ccc(P(c2ccccc2)c2ccccc2)cc1.c1ccc(P(c2ccccc2)c2ccccc2)cc1.c1ccc([PH+](CCNCC[PH+](c2ccccc2)c2ccccc2)c2ccccc2)cc1. The molecule has 0 heterocycles. The van der Waals surface area contributed by atoms with E-state index < -0.39 is 47.5 Å². The first-order chi connectivity index (χ1) is 72.6. The molecule has 2 N–H and O–H groups in total. The molecule has 20 aromatic carbocycles. The molecule has 0 radical (unpaired) electrons. The van der Waals surface area contributed by atoms with Crippen molar-refractivity contribution in [3.63, 3.8) is 0 Å². The maximum Gasteiger partial charge on any atom is 0.0967 e. The van der Waals surface area contributed by atoms with E-state index in [-0.39, 0.29) is 23.3 Å². The van der Waals surface area contributed by atoms with Gasteiger partial charge in [-0.15, -0.1) is 0 Å². The molecule has 20 rings (SSSR count). The minimum absolute atomic E-state index is 0. The van der Waals surface area contributed by atoms with Crippen LogP contribution in [-0.2, 0) is 44.1 Å². The van der Waals surface area contributed by atoms with Crippen molar-refractivity contribution >= 4 is 196 Å². The molecule has 0 unspecified atom stereocenters. The molecule has 0 atom stereocenters. The summed E-state index contributed by atoms with van der Waals surface area (Å²) in [4.78, 5) is 7.75. The van der Waals surface area contributed by atoms with Gasteiger partial charge in [0.1, 0.15) is 0 Å². The normalized spacial score (nSPS) is 10.3. The summed E-state index contributed by atoms with van der Waals surface area (Å²) < 4.78 is 7.50. The van der Waals surface area contributed by atoms with E-state index in [0.29, 0.717) is 0 Å². The summed E-state index contributed by atoms with van der Waals surface area (Å²) in [5.41, 5.74) is 0. The van der Waals surface area contributed by atoms with Crippen molar-refractivity contribution in [2.24, 2.45) is 0 Å². The first-order valence-electron chi connectivity index (χ1n) is 48.3. The van der Waals surface area contributed by atoms with Gasteiger partial charge in [0.05, 0.1) is 49.4 Å². The van der Waals surface area contributed by atoms with Crippen LogP contribution in [0.3, 0.4) is 0 Å². The summed E-state index contributed by atoms with van der Waals surface area (Å²) >= 11 is 3.44. The average molecular weight is 2280 g/mol. The Kier molecular flexibility index (Phi) is 58.0. The molecule has 0 aliphatic rings. The predicted molar refractivity (Wildman–Crippen MR) is 655 cm³/mol. The monoisotopic (exact) mass is 2280 g/mol. The van der Waals surface area contributed by atoms with Gasteiger partial charge in [0.2, 0.25) is 0 Å². The van der Waals surface area contributed by atoms with Crippen LogP contribution in [0.4, 0.5) is 0 Å². The van der Waals surface area contributed by atoms with Gasteiger partial charge in [-0.05, 0) is 206 Å². The van der Waals surface area contributed by atoms with Crippen molar-refractivity contribution in [2.45, 2.75) is 7.43 Å². The number of halogens is 2. The third-order valence-electron chi connectivity index (χ3n) is 23.1. The van der Waals surface area contributed by atoms with E-state index in [0.717, 1.165) is 38.5 Å². The van der Waals surface area contributed by atoms with Crippen LogP contribution >= 0.6 is 82.8 Å². The molecule has 16 heteroatoms. The van der Waals surface area contributed by atoms with Crippen LogP contribution in [0.25, 0.3) is 0 Å². The Morgan fingerprint density at radius 3 is 0.422 bits per heavy atom. The largest absolute Gasteiger partial charge is 0.316 e. The fourth-order valence-electron chi connectivity index (χ4n) is 16.5. The average Bonchev–Trinajstić information content (AvgIpc) is 0.820. The Morgan fingerprint density at radius 1 is 0.197 bits per heavy atom. The maximum atomic E-state index is 7.75. The maximum absolute atomic E-state index is 7.75. The molecule has 0 spiro atoms. The number of hydrogen-bond acceptors (Lipinski definition) is 3. The van der Waals surface area contributed by atoms with Gasteiger partial charge in [0.15, 0.2) is 0 Å². The quantitative estimate of drug-likeness (QED) is 0.0110. The van der Waals surface area contributed by atoms with E-state index in [1.165, 1.54) is 118 Å². The van der Waals surface area contributed by atoms with Crippen LogP contribution in [0.15, 0.2) is 607 Å². The van der Waals surface area contributed by atoms with Crippen molar-refractivity contribution in [2.75, 3.05) is 50.8 Å². The van der Waals surface area contributed by atoms with E-state index >= 15 is 0 Å². The van der Waals surface area contributed by atoms with Crippen molar-refractivity contribution in [1.82, 2.24) is 10.6 Å². The molecule has 0 bridgehead atoms. The minimum Gasteiger partial charge on any atom is -0.316 e. The second kappa shape index (κ2) is 72.4. The molecule has 0 amide bonds. The van der Waals surface area contributed by atoms with Crippen molar-refractivity contribution in [1.29, 1.82) is 0 Å². The van der Waals surface area contributed by atoms with Crippen LogP contribution in [0.1, 0.15) is 7.43 Å². The van der Waals surface area contributed by atoms with Gasteiger partial charge in [-0.3, -0.25) is 6.79 Å². The molecule has 0 saturated carbocycles. The van der Waals surface area contributed by atoms with Gasteiger partial charge in [-0.2, -0.15) is 0 Å². The summed E-state index contributed by atoms with van der Waals surface area (Å²) in [6.45, 7) is 12.0. The topological polar surface area (TPSA) is 61.0 Å². The Labute approximate surface area is 913 Å². The van der Waals surface area contributed by atoms with Crippen LogP contribution in [0.2, 0.25) is 0 Å². The number of nitrogens with one attached hydrogen (secondary N) is 2. The van der Waals surface area contributed by atoms with Gasteiger partial charge in [0.25, 0.3) is 0 Å². The molecule has 0 aliphatic carbocycles. The zero-order valence-corrected chi connectivity index (χ0v) is 93.9. The molecule has 0 fully saturated rings. The molecule has 739 valence electrons. The fourth-order valence-corrected chi connectivity index (χ4v) is 35.3. The van der Waals surface area contributed by atoms with Gasteiger partial charge in [0, 0.05) is 13.1 Å². The number of benzene rings is 20. The van der Waals surface area contributed by atoms with Crippen molar-refractivity contribution in [3.8, 4) is 0 Å². The summed E-state index contributed by atoms with van der Waals surface area (Å²) in [7, 11) is 5.22. The summed E-state index contributed by atoms with van der Waals surface area (Å²) in [6, 6.07) is 217. The van der Waals surface area contributed by atoms with Crippen LogP contribution in [-0.4, -0.2) is 57.6 Å². The zero-order valence-electron chi connectivity index (χ0n) is 81.5. The molecular formula is C131H126Cl2N2O2P8Ru2+3. The fraction of sp³-hybridized carbons (Fsp3) is 0.0687. The predicted octanol–water partition coefficient (Wildman–Crippen LogP) is 24.4. The molecule has 0 aliphatic heterocycles. The van der Waals surface area contributed by atoms with Gasteiger partial charge >= 0.3 is 65.3 Å². The second-order valence-corrected chi connectivity index (χ2v) is 51.2. The third-order valence-corrected chi connectivity index (χ3v) is 43.5. The Hall–Kier alpha value is -11.0. The number of hydrogen-bond donors (Lipinski definition) is 2. The van der Waals surface area contributed by atoms with Crippen molar-refractivity contribution in [3.05, 3.63) is 613 Å². The molecule has 4 nitrogen and oxygen atoms in total. The van der Waals surface area contributed by atoms with Crippen molar-refractivity contribution < 1.29 is 44.1 Å². The minimum atomic E-state index is -0.758. The van der Waals surface area contributed by atoms with Gasteiger partial charge < -0.3 is 15.4 Å². The number of rotatable bonds is 32. The first-order valence-corrected chi connectivity index (χ1v) is 64.7. The van der Waals surface area contributed by atoms with Crippen LogP contribution in [0.5, 0.6) is 0 Å². The summed E-state index contributed by atoms with van der Waals surface area (Å²) in [5.74, 6) is 0. The molecule has 0 aromatic heterocycles. The smallest absolute Gasteiger partial charge is 0.0967 e. The van der Waals surface area contributed by atoms with Crippen LogP contribution < -0.4 is 117 Å². The summed E-state index contributed by atoms with van der Waals surface area (Å²) in [6.07, 6.45) is 4.74. The van der Waals surface area contributed by atoms with E-state index in [9.17, 15) is 0 Å². The molecule has 147 heavy (non-hydrogen) atoms. The van der Waals surface area contributed by atoms with Crippen LogP contribution in [0, 0.1) is 6.65 Å². The van der Waals surface area contributed by atoms with E-state index in [2.05, 4.69) is 650 Å². The molecular weight excluding hydrogens is 2150 g/mol. The first kappa shape index (κ1) is 118. The Balaban J connectivity index is 0.000000180. The zero-order chi connectivity index (χ0) is 102. The standard InChI is InChI=1S/2C28H29NP2.4C18H15P.CHO.CO.CH4.2ClH.2Ru.H/c2*1-5-13-25(14-6-1)30(26-15-7-2-8-16-26)23-21-29-22-24-31(27-17-9-3-10-18-27)28-19-11-4-12-20-28;4*1-4-10-16(11-5-1)19(17-12-6-2-7-13-17)18-14-8-3-9-15-18;2*1-2;;;;;;/h2*1-20,29H,21-24H2;4*1-15H;1H;;1H4;2*1H;;;/q;;;;;;-1;;;;;+1;+3;.